The van der Waals surface area contributed by atoms with Gasteiger partial charge in [0.2, 0.25) is 0 Å². The van der Waals surface area contributed by atoms with Crippen molar-refractivity contribution >= 4 is 6.03 Å². The number of rotatable bonds is 4. The van der Waals surface area contributed by atoms with Crippen LogP contribution in [-0.2, 0) is 6.18 Å². The molecule has 1 spiro atoms. The normalized spacial score (nSPS) is 28.8. The predicted molar refractivity (Wildman–Crippen MR) is 123 cm³/mol. The Hall–Kier alpha value is -2.85. The molecule has 2 saturated heterocycles. The molecular formula is C26H29F4N5O2. The molecule has 3 saturated carbocycles. The molecule has 0 bridgehead atoms. The first-order valence-electron chi connectivity index (χ1n) is 13.1. The third kappa shape index (κ3) is 4.14. The van der Waals surface area contributed by atoms with Crippen LogP contribution in [0.5, 0.6) is 5.75 Å². The number of hydrogen-bond acceptors (Lipinski definition) is 4. The molecule has 5 fully saturated rings. The molecule has 0 radical (unpaired) electrons. The van der Waals surface area contributed by atoms with Crippen LogP contribution in [0.1, 0.15) is 61.9 Å². The molecule has 2 aliphatic heterocycles. The fourth-order valence-electron chi connectivity index (χ4n) is 6.96. The Morgan fingerprint density at radius 3 is 2.41 bits per heavy atom. The van der Waals surface area contributed by atoms with Crippen molar-refractivity contribution in [2.75, 3.05) is 26.2 Å². The van der Waals surface area contributed by atoms with E-state index in [9.17, 15) is 22.4 Å². The van der Waals surface area contributed by atoms with Gasteiger partial charge in [0, 0.05) is 37.5 Å². The van der Waals surface area contributed by atoms with Crippen molar-refractivity contribution in [1.82, 2.24) is 24.6 Å². The number of likely N-dealkylation sites (tertiary alicyclic amines) is 2. The third-order valence-corrected chi connectivity index (χ3v) is 9.03. The second-order valence-electron chi connectivity index (χ2n) is 11.8. The molecule has 7 nitrogen and oxygen atoms in total. The predicted octanol–water partition coefficient (Wildman–Crippen LogP) is 4.86. The van der Waals surface area contributed by atoms with Crippen molar-refractivity contribution in [3.05, 3.63) is 41.7 Å². The van der Waals surface area contributed by atoms with Gasteiger partial charge in [0.05, 0.1) is 17.7 Å². The Labute approximate surface area is 211 Å². The summed E-state index contributed by atoms with van der Waals surface area (Å²) in [6, 6.07) is 3.25. The van der Waals surface area contributed by atoms with E-state index in [2.05, 4.69) is 10.1 Å². The summed E-state index contributed by atoms with van der Waals surface area (Å²) in [5.41, 5.74) is -1.10. The van der Waals surface area contributed by atoms with E-state index in [-0.39, 0.29) is 35.1 Å². The van der Waals surface area contributed by atoms with Gasteiger partial charge in [0.1, 0.15) is 17.9 Å². The number of ether oxygens (including phenoxy) is 1. The number of urea groups is 1. The average Bonchev–Trinajstić information content (AvgIpc) is 3.20. The van der Waals surface area contributed by atoms with E-state index in [1.165, 1.54) is 18.9 Å². The minimum Gasteiger partial charge on any atom is -0.490 e. The zero-order chi connectivity index (χ0) is 25.5. The van der Waals surface area contributed by atoms with Crippen LogP contribution in [0.25, 0.3) is 0 Å². The number of nitrogens with zero attached hydrogens (tertiary/aromatic N) is 5. The molecule has 5 aliphatic rings. The molecule has 0 N–H and O–H groups in total. The van der Waals surface area contributed by atoms with E-state index in [4.69, 9.17) is 4.74 Å². The Morgan fingerprint density at radius 1 is 1.05 bits per heavy atom. The van der Waals surface area contributed by atoms with Crippen LogP contribution in [0.2, 0.25) is 0 Å². The highest BCUT2D eigenvalue weighted by atomic mass is 19.4. The summed E-state index contributed by atoms with van der Waals surface area (Å²) in [7, 11) is 0. The third-order valence-electron chi connectivity index (χ3n) is 9.03. The quantitative estimate of drug-likeness (QED) is 0.542. The minimum atomic E-state index is -4.76. The molecule has 2 unspecified atom stereocenters. The number of carbonyl (C=O) groups is 1. The number of aromatic nitrogens is 3. The second-order valence-corrected chi connectivity index (χ2v) is 11.8. The summed E-state index contributed by atoms with van der Waals surface area (Å²) in [5.74, 6) is 0.802. The number of alkyl halides is 3. The lowest BCUT2D eigenvalue weighted by atomic mass is 9.61. The highest BCUT2D eigenvalue weighted by Gasteiger charge is 2.56. The van der Waals surface area contributed by atoms with Crippen LogP contribution in [0.15, 0.2) is 24.5 Å². The zero-order valence-electron chi connectivity index (χ0n) is 20.3. The second kappa shape index (κ2) is 8.07. The van der Waals surface area contributed by atoms with Gasteiger partial charge in [-0.25, -0.2) is 18.9 Å². The number of amides is 2. The van der Waals surface area contributed by atoms with Gasteiger partial charge >= 0.3 is 12.2 Å². The largest absolute Gasteiger partial charge is 0.490 e. The molecule has 11 heteroatoms. The Morgan fingerprint density at radius 2 is 1.76 bits per heavy atom. The average molecular weight is 520 g/mol. The summed E-state index contributed by atoms with van der Waals surface area (Å²) >= 11 is 0. The highest BCUT2D eigenvalue weighted by molar-refractivity contribution is 5.76. The van der Waals surface area contributed by atoms with Crippen molar-refractivity contribution in [2.45, 2.75) is 62.8 Å². The van der Waals surface area contributed by atoms with Crippen molar-refractivity contribution in [2.24, 2.45) is 17.3 Å². The summed E-state index contributed by atoms with van der Waals surface area (Å²) < 4.78 is 60.4. The van der Waals surface area contributed by atoms with E-state index < -0.39 is 17.6 Å². The molecule has 198 valence electrons. The summed E-state index contributed by atoms with van der Waals surface area (Å²) in [6.45, 7) is 2.87. The van der Waals surface area contributed by atoms with Gasteiger partial charge in [-0.2, -0.15) is 18.3 Å². The molecule has 37 heavy (non-hydrogen) atoms. The summed E-state index contributed by atoms with van der Waals surface area (Å²) in [4.78, 5) is 21.4. The van der Waals surface area contributed by atoms with Crippen LogP contribution >= 0.6 is 0 Å². The number of benzene rings is 1. The molecule has 2 aromatic rings. The Balaban J connectivity index is 0.884. The van der Waals surface area contributed by atoms with Gasteiger partial charge in [0.15, 0.2) is 5.82 Å². The first kappa shape index (κ1) is 23.3. The van der Waals surface area contributed by atoms with E-state index in [0.717, 1.165) is 43.9 Å². The molecular weight excluding hydrogens is 490 g/mol. The molecule has 3 aliphatic carbocycles. The maximum atomic E-state index is 13.6. The fourth-order valence-corrected chi connectivity index (χ4v) is 6.96. The first-order valence-corrected chi connectivity index (χ1v) is 13.1. The summed E-state index contributed by atoms with van der Waals surface area (Å²) in [6.07, 6.45) is 2.69. The van der Waals surface area contributed by atoms with Crippen molar-refractivity contribution in [3.8, 4) is 5.75 Å². The minimum absolute atomic E-state index is 0.0333. The lowest BCUT2D eigenvalue weighted by Gasteiger charge is -2.59. The highest BCUT2D eigenvalue weighted by Crippen LogP contribution is 2.54. The maximum absolute atomic E-state index is 13.6. The van der Waals surface area contributed by atoms with Gasteiger partial charge in [-0.05, 0) is 68.6 Å². The Bertz CT molecular complexity index is 1200. The summed E-state index contributed by atoms with van der Waals surface area (Å²) in [5, 5.41) is 4.66. The SMILES string of the molecule is O=C(N1CC2CC(Oc3ccc(F)c(C(F)(F)F)c3)CC2C1)N1CC2(CC(n3cnc(C4CC4)n3)C2)C1. The van der Waals surface area contributed by atoms with E-state index in [1.807, 2.05) is 20.8 Å². The van der Waals surface area contributed by atoms with Crippen LogP contribution < -0.4 is 4.74 Å². The smallest absolute Gasteiger partial charge is 0.419 e. The van der Waals surface area contributed by atoms with Crippen LogP contribution in [0, 0.1) is 23.1 Å². The molecule has 1 aromatic carbocycles. The van der Waals surface area contributed by atoms with Crippen LogP contribution in [-0.4, -0.2) is 62.9 Å². The van der Waals surface area contributed by atoms with E-state index in [0.29, 0.717) is 37.9 Å². The lowest BCUT2D eigenvalue weighted by Crippen LogP contribution is -2.65. The van der Waals surface area contributed by atoms with Gasteiger partial charge in [-0.15, -0.1) is 0 Å². The van der Waals surface area contributed by atoms with Crippen LogP contribution in [0.4, 0.5) is 22.4 Å². The molecule has 7 rings (SSSR count). The molecule has 3 heterocycles. The van der Waals surface area contributed by atoms with E-state index >= 15 is 0 Å². The zero-order valence-corrected chi connectivity index (χ0v) is 20.3. The fraction of sp³-hybridized carbons (Fsp3) is 0.654. The number of hydrogen-bond donors (Lipinski definition) is 0. The van der Waals surface area contributed by atoms with E-state index in [1.54, 1.807) is 0 Å². The number of fused-ring (bicyclic) bond motifs is 1. The van der Waals surface area contributed by atoms with Gasteiger partial charge in [0.25, 0.3) is 0 Å². The molecule has 1 aromatic heterocycles. The monoisotopic (exact) mass is 519 g/mol. The van der Waals surface area contributed by atoms with Gasteiger partial charge in [-0.1, -0.05) is 0 Å². The maximum Gasteiger partial charge on any atom is 0.419 e. The lowest BCUT2D eigenvalue weighted by molar-refractivity contribution is -0.140. The van der Waals surface area contributed by atoms with Gasteiger partial charge < -0.3 is 14.5 Å². The number of halogens is 4. The number of carbonyl (C=O) groups excluding carboxylic acids is 1. The van der Waals surface area contributed by atoms with Crippen molar-refractivity contribution in [1.29, 1.82) is 0 Å². The molecule has 2 amide bonds. The first-order chi connectivity index (χ1) is 17.7. The van der Waals surface area contributed by atoms with Gasteiger partial charge in [-0.3, -0.25) is 0 Å². The van der Waals surface area contributed by atoms with Crippen molar-refractivity contribution < 1.29 is 27.1 Å². The topological polar surface area (TPSA) is 63.5 Å². The Kier molecular flexibility index (Phi) is 5.08. The molecule has 2 atom stereocenters. The standard InChI is InChI=1S/C26H29F4N5O2/c27-22-4-3-19(7-21(22)26(28,29)30)37-20-5-16-10-33(11-17(16)6-20)24(36)34-12-25(13-34)8-18(9-25)35-14-31-23(32-35)15-1-2-15/h3-4,7,14-18,20H,1-2,5-6,8-13H2. The van der Waals surface area contributed by atoms with Crippen LogP contribution in [0.3, 0.4) is 0 Å². The van der Waals surface area contributed by atoms with Crippen molar-refractivity contribution in [3.63, 3.8) is 0 Å².